The molecule has 0 aliphatic rings. The number of hydrogen-bond donors (Lipinski definition) is 1. The van der Waals surface area contributed by atoms with E-state index in [0.717, 1.165) is 16.9 Å². The quantitative estimate of drug-likeness (QED) is 0.859. The summed E-state index contributed by atoms with van der Waals surface area (Å²) in [5, 5.41) is 18.0. The van der Waals surface area contributed by atoms with Gasteiger partial charge in [-0.05, 0) is 12.1 Å². The number of carbonyl (C=O) groups is 1. The molecule has 0 spiro atoms. The summed E-state index contributed by atoms with van der Waals surface area (Å²) in [4.78, 5) is 14.9. The summed E-state index contributed by atoms with van der Waals surface area (Å²) in [6.07, 6.45) is 1.33. The van der Waals surface area contributed by atoms with Crippen LogP contribution in [0.15, 0.2) is 30.5 Å². The highest BCUT2D eigenvalue weighted by molar-refractivity contribution is 7.16. The largest absolute Gasteiger partial charge is 0.477 e. The maximum absolute atomic E-state index is 10.7. The Morgan fingerprint density at radius 3 is 2.56 bits per heavy atom. The molecule has 0 amide bonds. The first-order chi connectivity index (χ1) is 7.70. The van der Waals surface area contributed by atoms with Gasteiger partial charge in [-0.15, -0.1) is 11.3 Å². The van der Waals surface area contributed by atoms with E-state index in [1.54, 1.807) is 24.3 Å². The van der Waals surface area contributed by atoms with E-state index in [0.29, 0.717) is 10.6 Å². The number of nitriles is 1. The van der Waals surface area contributed by atoms with Crippen molar-refractivity contribution in [2.24, 2.45) is 0 Å². The Morgan fingerprint density at radius 1 is 1.38 bits per heavy atom. The van der Waals surface area contributed by atoms with Crippen LogP contribution in [-0.2, 0) is 0 Å². The number of aromatic nitrogens is 1. The molecule has 0 radical (unpaired) electrons. The Bertz CT molecular complexity index is 566. The first kappa shape index (κ1) is 10.3. The molecular formula is C11H6N2O2S. The minimum atomic E-state index is -0.975. The van der Waals surface area contributed by atoms with Crippen molar-refractivity contribution in [2.75, 3.05) is 0 Å². The van der Waals surface area contributed by atoms with Crippen molar-refractivity contribution in [3.8, 4) is 16.6 Å². The summed E-state index contributed by atoms with van der Waals surface area (Å²) in [6.45, 7) is 0. The first-order valence-electron chi connectivity index (χ1n) is 4.40. The van der Waals surface area contributed by atoms with Gasteiger partial charge in [0.15, 0.2) is 0 Å². The zero-order valence-electron chi connectivity index (χ0n) is 8.04. The number of benzene rings is 1. The molecule has 2 rings (SSSR count). The van der Waals surface area contributed by atoms with E-state index in [2.05, 4.69) is 4.98 Å². The molecule has 0 saturated carbocycles. The number of rotatable bonds is 2. The van der Waals surface area contributed by atoms with Crippen molar-refractivity contribution in [3.63, 3.8) is 0 Å². The van der Waals surface area contributed by atoms with Gasteiger partial charge in [0, 0.05) is 5.56 Å². The van der Waals surface area contributed by atoms with Gasteiger partial charge in [-0.3, -0.25) is 0 Å². The predicted molar refractivity (Wildman–Crippen MR) is 59.2 cm³/mol. The minimum Gasteiger partial charge on any atom is -0.477 e. The van der Waals surface area contributed by atoms with Crippen molar-refractivity contribution in [1.29, 1.82) is 5.26 Å². The van der Waals surface area contributed by atoms with E-state index in [9.17, 15) is 4.79 Å². The summed E-state index contributed by atoms with van der Waals surface area (Å²) < 4.78 is 0. The molecule has 1 aromatic carbocycles. The molecule has 0 fully saturated rings. The normalized spacial score (nSPS) is 9.69. The Morgan fingerprint density at radius 2 is 2.06 bits per heavy atom. The van der Waals surface area contributed by atoms with Crippen molar-refractivity contribution in [3.05, 3.63) is 40.9 Å². The summed E-state index contributed by atoms with van der Waals surface area (Å²) in [6, 6.07) is 8.88. The van der Waals surface area contributed by atoms with E-state index >= 15 is 0 Å². The standard InChI is InChI=1S/C11H6N2O2S/c12-5-7-1-3-8(4-2-7)10-13-6-9(16-10)11(14)15/h1-4,6H,(H,14,15). The fourth-order valence-corrected chi connectivity index (χ4v) is 1.95. The number of aromatic carboxylic acids is 1. The van der Waals surface area contributed by atoms with Gasteiger partial charge in [0.2, 0.25) is 0 Å². The molecule has 0 unspecified atom stereocenters. The van der Waals surface area contributed by atoms with E-state index in [-0.39, 0.29) is 4.88 Å². The topological polar surface area (TPSA) is 74.0 Å². The van der Waals surface area contributed by atoms with Crippen LogP contribution >= 0.6 is 11.3 Å². The molecule has 0 saturated heterocycles. The Balaban J connectivity index is 2.36. The van der Waals surface area contributed by atoms with Crippen LogP contribution in [0.3, 0.4) is 0 Å². The second kappa shape index (κ2) is 4.13. The lowest BCUT2D eigenvalue weighted by molar-refractivity contribution is 0.0702. The molecule has 1 aromatic heterocycles. The van der Waals surface area contributed by atoms with Crippen LogP contribution in [0.2, 0.25) is 0 Å². The van der Waals surface area contributed by atoms with Gasteiger partial charge in [0.05, 0.1) is 17.8 Å². The fraction of sp³-hybridized carbons (Fsp3) is 0. The second-order valence-electron chi connectivity index (χ2n) is 3.02. The summed E-state index contributed by atoms with van der Waals surface area (Å²) in [5.41, 5.74) is 1.38. The molecule has 0 bridgehead atoms. The molecule has 4 nitrogen and oxygen atoms in total. The highest BCUT2D eigenvalue weighted by Gasteiger charge is 2.09. The molecule has 1 heterocycles. The van der Waals surface area contributed by atoms with Crippen molar-refractivity contribution >= 4 is 17.3 Å². The first-order valence-corrected chi connectivity index (χ1v) is 5.22. The third-order valence-corrected chi connectivity index (χ3v) is 3.01. The second-order valence-corrected chi connectivity index (χ2v) is 4.05. The summed E-state index contributed by atoms with van der Waals surface area (Å²) >= 11 is 1.11. The number of carboxylic acid groups (broad SMARTS) is 1. The van der Waals surface area contributed by atoms with Gasteiger partial charge in [-0.2, -0.15) is 5.26 Å². The Hall–Kier alpha value is -2.19. The van der Waals surface area contributed by atoms with Crippen molar-refractivity contribution in [2.45, 2.75) is 0 Å². The molecule has 0 aliphatic carbocycles. The molecule has 5 heteroatoms. The molecule has 78 valence electrons. The lowest BCUT2D eigenvalue weighted by Crippen LogP contribution is -1.89. The third-order valence-electron chi connectivity index (χ3n) is 1.98. The molecule has 1 N–H and O–H groups in total. The van der Waals surface area contributed by atoms with Crippen LogP contribution in [0.1, 0.15) is 15.2 Å². The molecule has 2 aromatic rings. The average molecular weight is 230 g/mol. The van der Waals surface area contributed by atoms with Gasteiger partial charge in [0.1, 0.15) is 9.88 Å². The number of nitrogens with zero attached hydrogens (tertiary/aromatic N) is 2. The van der Waals surface area contributed by atoms with Crippen molar-refractivity contribution < 1.29 is 9.90 Å². The third kappa shape index (κ3) is 1.92. The maximum Gasteiger partial charge on any atom is 0.347 e. The highest BCUT2D eigenvalue weighted by Crippen LogP contribution is 2.25. The van der Waals surface area contributed by atoms with E-state index in [1.165, 1.54) is 6.20 Å². The smallest absolute Gasteiger partial charge is 0.347 e. The summed E-state index contributed by atoms with van der Waals surface area (Å²) in [7, 11) is 0. The van der Waals surface area contributed by atoms with E-state index in [4.69, 9.17) is 10.4 Å². The Kier molecular flexibility index (Phi) is 2.66. The zero-order chi connectivity index (χ0) is 11.5. The number of thiazole rings is 1. The Labute approximate surface area is 95.4 Å². The van der Waals surface area contributed by atoms with Gasteiger partial charge < -0.3 is 5.11 Å². The number of carboxylic acids is 1. The predicted octanol–water partition coefficient (Wildman–Crippen LogP) is 2.38. The summed E-state index contributed by atoms with van der Waals surface area (Å²) in [5.74, 6) is -0.975. The lowest BCUT2D eigenvalue weighted by Gasteiger charge is -1.94. The molecular weight excluding hydrogens is 224 g/mol. The van der Waals surface area contributed by atoms with Crippen LogP contribution in [0.25, 0.3) is 10.6 Å². The SMILES string of the molecule is N#Cc1ccc(-c2ncc(C(=O)O)s2)cc1. The fourth-order valence-electron chi connectivity index (χ4n) is 1.19. The van der Waals surface area contributed by atoms with Crippen LogP contribution in [0, 0.1) is 11.3 Å². The van der Waals surface area contributed by atoms with Gasteiger partial charge >= 0.3 is 5.97 Å². The van der Waals surface area contributed by atoms with Gasteiger partial charge in [0.25, 0.3) is 0 Å². The van der Waals surface area contributed by atoms with Crippen LogP contribution in [-0.4, -0.2) is 16.1 Å². The molecule has 16 heavy (non-hydrogen) atoms. The molecule has 0 aliphatic heterocycles. The van der Waals surface area contributed by atoms with Gasteiger partial charge in [-0.25, -0.2) is 9.78 Å². The molecule has 0 atom stereocenters. The number of hydrogen-bond acceptors (Lipinski definition) is 4. The average Bonchev–Trinajstić information content (AvgIpc) is 2.78. The van der Waals surface area contributed by atoms with E-state index < -0.39 is 5.97 Å². The maximum atomic E-state index is 10.7. The van der Waals surface area contributed by atoms with Gasteiger partial charge in [-0.1, -0.05) is 12.1 Å². The lowest BCUT2D eigenvalue weighted by atomic mass is 10.1. The van der Waals surface area contributed by atoms with Crippen molar-refractivity contribution in [1.82, 2.24) is 4.98 Å². The van der Waals surface area contributed by atoms with E-state index in [1.807, 2.05) is 6.07 Å². The zero-order valence-corrected chi connectivity index (χ0v) is 8.86. The monoisotopic (exact) mass is 230 g/mol. The highest BCUT2D eigenvalue weighted by atomic mass is 32.1. The van der Waals surface area contributed by atoms with Crippen LogP contribution in [0.5, 0.6) is 0 Å². The van der Waals surface area contributed by atoms with Crippen LogP contribution < -0.4 is 0 Å². The van der Waals surface area contributed by atoms with Crippen LogP contribution in [0.4, 0.5) is 0 Å². The minimum absolute atomic E-state index is 0.208.